The molecule has 2 aromatic rings. The number of nitrogens with zero attached hydrogens (tertiary/aromatic N) is 2. The average molecular weight is 260 g/mol. The Bertz CT molecular complexity index is 648. The second-order valence-corrected chi connectivity index (χ2v) is 4.24. The van der Waals surface area contributed by atoms with Crippen LogP contribution in [0.25, 0.3) is 10.9 Å². The molecule has 1 N–H and O–H groups in total. The van der Waals surface area contributed by atoms with E-state index in [0.717, 1.165) is 5.39 Å². The van der Waals surface area contributed by atoms with Crippen LogP contribution in [0.4, 0.5) is 5.69 Å². The molecule has 5 heteroatoms. The maximum Gasteiger partial charge on any atom is 0.241 e. The predicted octanol–water partition coefficient (Wildman–Crippen LogP) is 2.99. The second-order valence-electron chi connectivity index (χ2n) is 3.83. The summed E-state index contributed by atoms with van der Waals surface area (Å²) in [5.74, 6) is -1.06. The zero-order valence-corrected chi connectivity index (χ0v) is 10.4. The summed E-state index contributed by atoms with van der Waals surface area (Å²) in [4.78, 5) is 15.9. The topological polar surface area (TPSA) is 65.8 Å². The minimum atomic E-state index is -0.709. The summed E-state index contributed by atoms with van der Waals surface area (Å²) in [6, 6.07) is 8.86. The van der Waals surface area contributed by atoms with Crippen LogP contribution in [0.1, 0.15) is 6.92 Å². The van der Waals surface area contributed by atoms with Gasteiger partial charge in [-0.05, 0) is 31.2 Å². The number of aromatic nitrogens is 1. The molecular formula is C13H10ClN3O. The highest BCUT2D eigenvalue weighted by Crippen LogP contribution is 2.28. The van der Waals surface area contributed by atoms with Crippen molar-refractivity contribution in [1.29, 1.82) is 5.26 Å². The smallest absolute Gasteiger partial charge is 0.241 e. The van der Waals surface area contributed by atoms with E-state index < -0.39 is 5.92 Å². The Labute approximate surface area is 109 Å². The first-order chi connectivity index (χ1) is 8.63. The number of halogens is 1. The van der Waals surface area contributed by atoms with Crippen molar-refractivity contribution in [3.05, 3.63) is 35.5 Å². The molecule has 0 aliphatic carbocycles. The lowest BCUT2D eigenvalue weighted by Gasteiger charge is -2.09. The SMILES string of the molecule is CC(C#N)C(=O)Nc1ccc(Cl)c2cccnc12. The quantitative estimate of drug-likeness (QED) is 0.902. The van der Waals surface area contributed by atoms with E-state index in [0.29, 0.717) is 16.2 Å². The van der Waals surface area contributed by atoms with Crippen LogP contribution < -0.4 is 5.32 Å². The van der Waals surface area contributed by atoms with Crippen molar-refractivity contribution in [2.24, 2.45) is 5.92 Å². The van der Waals surface area contributed by atoms with Crippen LogP contribution in [0.3, 0.4) is 0 Å². The fourth-order valence-electron chi connectivity index (χ4n) is 1.54. The van der Waals surface area contributed by atoms with E-state index >= 15 is 0 Å². The average Bonchev–Trinajstić information content (AvgIpc) is 2.41. The van der Waals surface area contributed by atoms with Gasteiger partial charge in [0.05, 0.1) is 22.3 Å². The van der Waals surface area contributed by atoms with Crippen LogP contribution in [0.2, 0.25) is 5.02 Å². The van der Waals surface area contributed by atoms with Gasteiger partial charge in [-0.15, -0.1) is 0 Å². The van der Waals surface area contributed by atoms with Gasteiger partial charge < -0.3 is 5.32 Å². The summed E-state index contributed by atoms with van der Waals surface area (Å²) in [5.41, 5.74) is 1.17. The molecule has 90 valence electrons. The number of hydrogen-bond donors (Lipinski definition) is 1. The summed E-state index contributed by atoms with van der Waals surface area (Å²) >= 11 is 6.05. The maximum absolute atomic E-state index is 11.7. The summed E-state index contributed by atoms with van der Waals surface area (Å²) in [6.45, 7) is 1.54. The molecule has 0 aliphatic rings. The molecule has 4 nitrogen and oxygen atoms in total. The van der Waals surface area contributed by atoms with Gasteiger partial charge in [-0.1, -0.05) is 11.6 Å². The van der Waals surface area contributed by atoms with Crippen LogP contribution in [0.5, 0.6) is 0 Å². The van der Waals surface area contributed by atoms with E-state index in [1.807, 2.05) is 12.1 Å². The maximum atomic E-state index is 11.7. The number of benzene rings is 1. The van der Waals surface area contributed by atoms with Crippen molar-refractivity contribution in [3.8, 4) is 6.07 Å². The summed E-state index contributed by atoms with van der Waals surface area (Å²) in [6.07, 6.45) is 1.63. The van der Waals surface area contributed by atoms with Crippen LogP contribution >= 0.6 is 11.6 Å². The van der Waals surface area contributed by atoms with Crippen molar-refractivity contribution in [3.63, 3.8) is 0 Å². The summed E-state index contributed by atoms with van der Waals surface area (Å²) in [7, 11) is 0. The van der Waals surface area contributed by atoms with E-state index in [4.69, 9.17) is 16.9 Å². The van der Waals surface area contributed by atoms with Crippen LogP contribution in [-0.2, 0) is 4.79 Å². The number of rotatable bonds is 2. The fourth-order valence-corrected chi connectivity index (χ4v) is 1.75. The fraction of sp³-hybridized carbons (Fsp3) is 0.154. The van der Waals surface area contributed by atoms with Crippen LogP contribution in [-0.4, -0.2) is 10.9 Å². The van der Waals surface area contributed by atoms with E-state index in [2.05, 4.69) is 10.3 Å². The third kappa shape index (κ3) is 2.27. The standard InChI is InChI=1S/C13H10ClN3O/c1-8(7-15)13(18)17-11-5-4-10(14)9-3-2-6-16-12(9)11/h2-6,8H,1H3,(H,17,18). The molecule has 1 aromatic heterocycles. The molecule has 1 heterocycles. The highest BCUT2D eigenvalue weighted by molar-refractivity contribution is 6.35. The Morgan fingerprint density at radius 1 is 1.50 bits per heavy atom. The van der Waals surface area contributed by atoms with Crippen LogP contribution in [0.15, 0.2) is 30.5 Å². The Hall–Kier alpha value is -2.12. The van der Waals surface area contributed by atoms with Gasteiger partial charge in [-0.3, -0.25) is 9.78 Å². The molecule has 0 saturated heterocycles. The highest BCUT2D eigenvalue weighted by Gasteiger charge is 2.14. The number of amides is 1. The van der Waals surface area contributed by atoms with Gasteiger partial charge in [-0.2, -0.15) is 5.26 Å². The molecular weight excluding hydrogens is 250 g/mol. The molecule has 0 saturated carbocycles. The number of nitrogens with one attached hydrogen (secondary N) is 1. The first-order valence-electron chi connectivity index (χ1n) is 5.37. The Balaban J connectivity index is 2.44. The van der Waals surface area contributed by atoms with E-state index in [1.165, 1.54) is 0 Å². The van der Waals surface area contributed by atoms with Crippen molar-refractivity contribution < 1.29 is 4.79 Å². The molecule has 1 aromatic carbocycles. The summed E-state index contributed by atoms with van der Waals surface area (Å²) in [5, 5.41) is 12.7. The lowest BCUT2D eigenvalue weighted by atomic mass is 10.1. The molecule has 18 heavy (non-hydrogen) atoms. The van der Waals surface area contributed by atoms with Gasteiger partial charge in [0.2, 0.25) is 5.91 Å². The van der Waals surface area contributed by atoms with Crippen LogP contribution in [0, 0.1) is 17.2 Å². The lowest BCUT2D eigenvalue weighted by Crippen LogP contribution is -2.19. The van der Waals surface area contributed by atoms with Gasteiger partial charge in [0.25, 0.3) is 0 Å². The Morgan fingerprint density at radius 3 is 3.00 bits per heavy atom. The van der Waals surface area contributed by atoms with E-state index in [-0.39, 0.29) is 5.91 Å². The van der Waals surface area contributed by atoms with Gasteiger partial charge in [-0.25, -0.2) is 0 Å². The monoisotopic (exact) mass is 259 g/mol. The second kappa shape index (κ2) is 5.03. The van der Waals surface area contributed by atoms with Crippen molar-refractivity contribution in [2.45, 2.75) is 6.92 Å². The molecule has 1 atom stereocenters. The van der Waals surface area contributed by atoms with Gasteiger partial charge in [0, 0.05) is 11.6 Å². The molecule has 0 fully saturated rings. The van der Waals surface area contributed by atoms with E-state index in [1.54, 1.807) is 31.3 Å². The number of anilines is 1. The van der Waals surface area contributed by atoms with Gasteiger partial charge >= 0.3 is 0 Å². The van der Waals surface area contributed by atoms with Crippen molar-refractivity contribution >= 4 is 34.1 Å². The first kappa shape index (κ1) is 12.3. The third-order valence-electron chi connectivity index (χ3n) is 2.56. The number of pyridine rings is 1. The number of hydrogen-bond acceptors (Lipinski definition) is 3. The molecule has 2 rings (SSSR count). The number of nitriles is 1. The Kier molecular flexibility index (Phi) is 3.45. The molecule has 1 amide bonds. The normalized spacial score (nSPS) is 11.8. The largest absolute Gasteiger partial charge is 0.323 e. The number of fused-ring (bicyclic) bond motifs is 1. The minimum Gasteiger partial charge on any atom is -0.323 e. The Morgan fingerprint density at radius 2 is 2.28 bits per heavy atom. The van der Waals surface area contributed by atoms with E-state index in [9.17, 15) is 4.79 Å². The van der Waals surface area contributed by atoms with Gasteiger partial charge in [0.1, 0.15) is 5.92 Å². The van der Waals surface area contributed by atoms with Crippen molar-refractivity contribution in [2.75, 3.05) is 5.32 Å². The molecule has 0 spiro atoms. The molecule has 0 radical (unpaired) electrons. The zero-order chi connectivity index (χ0) is 13.1. The highest BCUT2D eigenvalue weighted by atomic mass is 35.5. The predicted molar refractivity (Wildman–Crippen MR) is 70.2 cm³/mol. The number of carbonyl (C=O) groups is 1. The van der Waals surface area contributed by atoms with Gasteiger partial charge in [0.15, 0.2) is 0 Å². The molecule has 1 unspecified atom stereocenters. The minimum absolute atomic E-state index is 0.355. The lowest BCUT2D eigenvalue weighted by molar-refractivity contribution is -0.117. The third-order valence-corrected chi connectivity index (χ3v) is 2.89. The molecule has 0 aliphatic heterocycles. The number of carbonyl (C=O) groups excluding carboxylic acids is 1. The zero-order valence-electron chi connectivity index (χ0n) is 9.64. The van der Waals surface area contributed by atoms with Crippen molar-refractivity contribution in [1.82, 2.24) is 4.98 Å². The molecule has 0 bridgehead atoms. The first-order valence-corrected chi connectivity index (χ1v) is 5.75. The summed E-state index contributed by atoms with van der Waals surface area (Å²) < 4.78 is 0.